The first-order valence-electron chi connectivity index (χ1n) is 7.24. The number of rotatable bonds is 6. The van der Waals surface area contributed by atoms with Gasteiger partial charge in [-0.3, -0.25) is 4.79 Å². The molecule has 0 aliphatic heterocycles. The fourth-order valence-corrected chi connectivity index (χ4v) is 2.70. The summed E-state index contributed by atoms with van der Waals surface area (Å²) in [5.41, 5.74) is 1.12. The van der Waals surface area contributed by atoms with Crippen LogP contribution in [0.3, 0.4) is 0 Å². The Balaban J connectivity index is 0.00000127. The number of hydrogen-bond acceptors (Lipinski definition) is 5. The summed E-state index contributed by atoms with van der Waals surface area (Å²) in [5, 5.41) is 14.1. The molecule has 2 aromatic rings. The van der Waals surface area contributed by atoms with Gasteiger partial charge in [0.05, 0.1) is 17.7 Å². The molecule has 2 N–H and O–H groups in total. The van der Waals surface area contributed by atoms with Crippen molar-refractivity contribution >= 4 is 28.8 Å². The van der Waals surface area contributed by atoms with Crippen LogP contribution < -0.4 is 10.1 Å². The number of nitrogens with one attached hydrogen (secondary N) is 1. The number of carbonyl (C=O) groups excluding carboxylic acids is 1. The molecule has 1 aromatic heterocycles. The highest BCUT2D eigenvalue weighted by Gasteiger charge is 2.22. The highest BCUT2D eigenvalue weighted by atomic mass is 32.1. The van der Waals surface area contributed by atoms with Crippen LogP contribution in [0.1, 0.15) is 42.0 Å². The molecule has 23 heavy (non-hydrogen) atoms. The lowest BCUT2D eigenvalue weighted by Gasteiger charge is -2.16. The smallest absolute Gasteiger partial charge is 0.330 e. The van der Waals surface area contributed by atoms with Crippen LogP contribution in [0.15, 0.2) is 35.7 Å². The molecule has 1 atom stereocenters. The zero-order valence-electron chi connectivity index (χ0n) is 13.6. The molecule has 0 fully saturated rings. The second-order valence-corrected chi connectivity index (χ2v) is 5.32. The van der Waals surface area contributed by atoms with E-state index in [1.54, 1.807) is 42.8 Å². The fourth-order valence-electron chi connectivity index (χ4n) is 1.94. The zero-order valence-corrected chi connectivity index (χ0v) is 14.4. The van der Waals surface area contributed by atoms with Crippen LogP contribution in [0.4, 0.5) is 5.69 Å². The van der Waals surface area contributed by atoms with Crippen LogP contribution in [-0.2, 0) is 4.79 Å². The van der Waals surface area contributed by atoms with E-state index < -0.39 is 12.0 Å². The molecule has 0 saturated carbocycles. The maximum Gasteiger partial charge on any atom is 0.330 e. The average Bonchev–Trinajstić information content (AvgIpc) is 3.03. The van der Waals surface area contributed by atoms with Gasteiger partial charge in [0.1, 0.15) is 5.75 Å². The van der Waals surface area contributed by atoms with Gasteiger partial charge in [-0.15, -0.1) is 11.3 Å². The van der Waals surface area contributed by atoms with Crippen LogP contribution >= 0.6 is 11.3 Å². The van der Waals surface area contributed by atoms with E-state index in [4.69, 9.17) is 4.74 Å². The predicted octanol–water partition coefficient (Wildman–Crippen LogP) is 4.22. The van der Waals surface area contributed by atoms with Gasteiger partial charge in [-0.1, -0.05) is 26.0 Å². The molecule has 0 aliphatic rings. The Morgan fingerprint density at radius 2 is 1.78 bits per heavy atom. The first-order chi connectivity index (χ1) is 11.0. The van der Waals surface area contributed by atoms with E-state index in [1.807, 2.05) is 13.8 Å². The number of thiophene rings is 1. The van der Waals surface area contributed by atoms with Crippen LogP contribution in [0.25, 0.3) is 0 Å². The molecule has 0 aliphatic carbocycles. The summed E-state index contributed by atoms with van der Waals surface area (Å²) < 4.78 is 5.06. The quantitative estimate of drug-likeness (QED) is 0.773. The van der Waals surface area contributed by atoms with E-state index in [1.165, 1.54) is 18.3 Å². The summed E-state index contributed by atoms with van der Waals surface area (Å²) >= 11 is 1.29. The van der Waals surface area contributed by atoms with E-state index in [2.05, 4.69) is 5.32 Å². The Morgan fingerprint density at radius 3 is 2.26 bits per heavy atom. The molecule has 5 nitrogen and oxygen atoms in total. The third kappa shape index (κ3) is 4.82. The summed E-state index contributed by atoms with van der Waals surface area (Å²) in [6, 6.07) is 7.55. The van der Waals surface area contributed by atoms with Gasteiger partial charge in [-0.2, -0.15) is 0 Å². The monoisotopic (exact) mass is 335 g/mol. The van der Waals surface area contributed by atoms with E-state index in [0.717, 1.165) is 0 Å². The van der Waals surface area contributed by atoms with Gasteiger partial charge in [-0.25, -0.2) is 4.79 Å². The minimum atomic E-state index is -1.01. The lowest BCUT2D eigenvalue weighted by atomic mass is 10.1. The molecular weight excluding hydrogens is 314 g/mol. The lowest BCUT2D eigenvalue weighted by molar-refractivity contribution is -0.138. The lowest BCUT2D eigenvalue weighted by Crippen LogP contribution is -2.21. The molecule has 0 bridgehead atoms. The first-order valence-corrected chi connectivity index (χ1v) is 8.12. The minimum Gasteiger partial charge on any atom is -0.497 e. The van der Waals surface area contributed by atoms with Gasteiger partial charge in [0.2, 0.25) is 0 Å². The van der Waals surface area contributed by atoms with E-state index in [9.17, 15) is 14.7 Å². The van der Waals surface area contributed by atoms with Crippen molar-refractivity contribution in [3.05, 3.63) is 46.2 Å². The van der Waals surface area contributed by atoms with Gasteiger partial charge in [0.25, 0.3) is 0 Å². The van der Waals surface area contributed by atoms with Crippen LogP contribution in [0.5, 0.6) is 5.75 Å². The summed E-state index contributed by atoms with van der Waals surface area (Å²) in [6.07, 6.45) is 0. The highest BCUT2D eigenvalue weighted by molar-refractivity contribution is 7.12. The standard InChI is InChI=1S/C15H15NO4S.C2H6/c1-9(17)14-12(7-8-21-14)16-13(15(18)19)10-3-5-11(20-2)6-4-10;1-2/h3-8,13,16H,1-2H3,(H,18,19);1-2H3. The molecule has 0 amide bonds. The van der Waals surface area contributed by atoms with Gasteiger partial charge >= 0.3 is 5.97 Å². The molecule has 124 valence electrons. The molecule has 1 aromatic carbocycles. The average molecular weight is 335 g/mol. The SMILES string of the molecule is CC.COc1ccc(C(Nc2ccsc2C(C)=O)C(=O)O)cc1. The van der Waals surface area contributed by atoms with Gasteiger partial charge in [0, 0.05) is 6.92 Å². The number of carboxylic acids is 1. The first kappa shape index (κ1) is 18.7. The van der Waals surface area contributed by atoms with Gasteiger partial charge in [-0.05, 0) is 29.1 Å². The molecule has 1 unspecified atom stereocenters. The Hall–Kier alpha value is -2.34. The summed E-state index contributed by atoms with van der Waals surface area (Å²) in [7, 11) is 1.55. The molecule has 6 heteroatoms. The van der Waals surface area contributed by atoms with E-state index in [0.29, 0.717) is 21.9 Å². The maximum absolute atomic E-state index is 11.5. The van der Waals surface area contributed by atoms with E-state index >= 15 is 0 Å². The third-order valence-electron chi connectivity index (χ3n) is 2.98. The predicted molar refractivity (Wildman–Crippen MR) is 92.7 cm³/mol. The number of anilines is 1. The van der Waals surface area contributed by atoms with Crippen molar-refractivity contribution in [2.24, 2.45) is 0 Å². The Labute approximate surface area is 139 Å². The summed E-state index contributed by atoms with van der Waals surface area (Å²) in [6.45, 7) is 5.46. The molecule has 0 radical (unpaired) electrons. The van der Waals surface area contributed by atoms with Crippen molar-refractivity contribution in [1.82, 2.24) is 0 Å². The summed E-state index contributed by atoms with van der Waals surface area (Å²) in [5.74, 6) is -0.449. The van der Waals surface area contributed by atoms with Crippen molar-refractivity contribution < 1.29 is 19.4 Å². The number of carbonyl (C=O) groups is 2. The third-order valence-corrected chi connectivity index (χ3v) is 4.00. The van der Waals surface area contributed by atoms with Crippen molar-refractivity contribution in [2.45, 2.75) is 26.8 Å². The van der Waals surface area contributed by atoms with Gasteiger partial charge < -0.3 is 15.2 Å². The molecule has 0 spiro atoms. The van der Waals surface area contributed by atoms with Crippen LogP contribution in [-0.4, -0.2) is 24.0 Å². The van der Waals surface area contributed by atoms with Gasteiger partial charge in [0.15, 0.2) is 11.8 Å². The molecule has 2 rings (SSSR count). The van der Waals surface area contributed by atoms with E-state index in [-0.39, 0.29) is 5.78 Å². The number of hydrogen-bond donors (Lipinski definition) is 2. The topological polar surface area (TPSA) is 75.6 Å². The Morgan fingerprint density at radius 1 is 1.17 bits per heavy atom. The number of ketones is 1. The second-order valence-electron chi connectivity index (χ2n) is 4.41. The van der Waals surface area contributed by atoms with Crippen molar-refractivity contribution in [2.75, 3.05) is 12.4 Å². The normalized spacial score (nSPS) is 11.0. The number of methoxy groups -OCH3 is 1. The van der Waals surface area contributed by atoms with Crippen molar-refractivity contribution in [1.29, 1.82) is 0 Å². The fraction of sp³-hybridized carbons (Fsp3) is 0.294. The number of benzene rings is 1. The Bertz CT molecular complexity index is 649. The molecule has 0 saturated heterocycles. The number of ether oxygens (including phenoxy) is 1. The number of aliphatic carboxylic acids is 1. The highest BCUT2D eigenvalue weighted by Crippen LogP contribution is 2.28. The molecular formula is C17H21NO4S. The number of carboxylic acid groups (broad SMARTS) is 1. The Kier molecular flexibility index (Phi) is 7.28. The number of Topliss-reactive ketones (excluding diaryl/α,β-unsaturated/α-hetero) is 1. The second kappa shape index (κ2) is 8.95. The van der Waals surface area contributed by atoms with Crippen molar-refractivity contribution in [3.8, 4) is 5.75 Å². The molecule has 1 heterocycles. The maximum atomic E-state index is 11.5. The largest absolute Gasteiger partial charge is 0.497 e. The van der Waals surface area contributed by atoms with Crippen LogP contribution in [0.2, 0.25) is 0 Å². The minimum absolute atomic E-state index is 0.0913. The van der Waals surface area contributed by atoms with Crippen molar-refractivity contribution in [3.63, 3.8) is 0 Å². The zero-order chi connectivity index (χ0) is 17.4. The summed E-state index contributed by atoms with van der Waals surface area (Å²) in [4.78, 5) is 23.5. The van der Waals surface area contributed by atoms with Crippen LogP contribution in [0, 0.1) is 0 Å².